The van der Waals surface area contributed by atoms with Gasteiger partial charge in [-0.05, 0) is 36.0 Å². The summed E-state index contributed by atoms with van der Waals surface area (Å²) in [7, 11) is 0. The quantitative estimate of drug-likeness (QED) is 0.676. The number of aliphatic carboxylic acids is 1. The summed E-state index contributed by atoms with van der Waals surface area (Å²) in [6, 6.07) is 0. The van der Waals surface area contributed by atoms with Gasteiger partial charge in [0.05, 0.1) is 5.92 Å². The van der Waals surface area contributed by atoms with Gasteiger partial charge in [0, 0.05) is 0 Å². The molecule has 3 aliphatic rings. The molecule has 3 aliphatic carbocycles. The van der Waals surface area contributed by atoms with E-state index in [-0.39, 0.29) is 5.92 Å². The summed E-state index contributed by atoms with van der Waals surface area (Å²) in [4.78, 5) is 10.9. The van der Waals surface area contributed by atoms with Crippen molar-refractivity contribution in [2.75, 3.05) is 0 Å². The third-order valence-corrected chi connectivity index (χ3v) is 4.67. The van der Waals surface area contributed by atoms with E-state index in [2.05, 4.69) is 20.8 Å². The van der Waals surface area contributed by atoms with E-state index < -0.39 is 5.97 Å². The van der Waals surface area contributed by atoms with Gasteiger partial charge in [0.15, 0.2) is 0 Å². The molecular formula is C11H18O2. The molecule has 0 aromatic heterocycles. The first-order valence-corrected chi connectivity index (χ1v) is 5.17. The molecule has 13 heavy (non-hydrogen) atoms. The maximum Gasteiger partial charge on any atom is 0.306 e. The van der Waals surface area contributed by atoms with Crippen molar-refractivity contribution in [1.29, 1.82) is 0 Å². The second-order valence-corrected chi connectivity index (χ2v) is 5.40. The van der Waals surface area contributed by atoms with Gasteiger partial charge >= 0.3 is 5.97 Å². The summed E-state index contributed by atoms with van der Waals surface area (Å²) in [5.74, 6) is 1.02. The molecule has 74 valence electrons. The van der Waals surface area contributed by atoms with E-state index >= 15 is 0 Å². The Morgan fingerprint density at radius 2 is 2.00 bits per heavy atom. The van der Waals surface area contributed by atoms with Crippen LogP contribution in [0.5, 0.6) is 0 Å². The summed E-state index contributed by atoms with van der Waals surface area (Å²) in [5.41, 5.74) is 0.408. The number of rotatable bonds is 1. The first-order valence-electron chi connectivity index (χ1n) is 5.17. The Bertz CT molecular complexity index is 244. The summed E-state index contributed by atoms with van der Waals surface area (Å²) < 4.78 is 0. The van der Waals surface area contributed by atoms with Crippen LogP contribution in [0.3, 0.4) is 0 Å². The molecule has 2 unspecified atom stereocenters. The summed E-state index contributed by atoms with van der Waals surface area (Å²) in [6.07, 6.45) is 2.16. The van der Waals surface area contributed by atoms with Crippen molar-refractivity contribution in [3.63, 3.8) is 0 Å². The first-order chi connectivity index (χ1) is 5.94. The molecule has 2 bridgehead atoms. The average Bonchev–Trinajstić information content (AvgIpc) is 2.02. The molecule has 2 nitrogen and oxygen atoms in total. The summed E-state index contributed by atoms with van der Waals surface area (Å²) in [5, 5.41) is 9.02. The van der Waals surface area contributed by atoms with Gasteiger partial charge in [0.2, 0.25) is 0 Å². The van der Waals surface area contributed by atoms with Gasteiger partial charge in [-0.1, -0.05) is 20.8 Å². The van der Waals surface area contributed by atoms with Crippen LogP contribution in [0.25, 0.3) is 0 Å². The highest BCUT2D eigenvalue weighted by Crippen LogP contribution is 2.62. The van der Waals surface area contributed by atoms with E-state index in [0.29, 0.717) is 23.2 Å². The molecule has 2 heteroatoms. The van der Waals surface area contributed by atoms with Gasteiger partial charge in [-0.25, -0.2) is 0 Å². The van der Waals surface area contributed by atoms with Crippen LogP contribution in [0.15, 0.2) is 0 Å². The zero-order valence-electron chi connectivity index (χ0n) is 8.58. The van der Waals surface area contributed by atoms with Crippen molar-refractivity contribution in [3.8, 4) is 0 Å². The molecular weight excluding hydrogens is 164 g/mol. The van der Waals surface area contributed by atoms with Crippen LogP contribution in [0, 0.1) is 29.1 Å². The van der Waals surface area contributed by atoms with E-state index in [1.54, 1.807) is 0 Å². The first kappa shape index (κ1) is 9.04. The lowest BCUT2D eigenvalue weighted by Crippen LogP contribution is -2.56. The second kappa shape index (κ2) is 2.49. The van der Waals surface area contributed by atoms with Gasteiger partial charge in [-0.3, -0.25) is 4.79 Å². The van der Waals surface area contributed by atoms with Crippen molar-refractivity contribution in [2.45, 2.75) is 33.6 Å². The van der Waals surface area contributed by atoms with Gasteiger partial charge in [0.1, 0.15) is 0 Å². The zero-order valence-corrected chi connectivity index (χ0v) is 8.58. The fourth-order valence-corrected chi connectivity index (χ4v) is 3.48. The highest BCUT2D eigenvalue weighted by molar-refractivity contribution is 5.70. The highest BCUT2D eigenvalue weighted by Gasteiger charge is 2.57. The van der Waals surface area contributed by atoms with E-state index in [0.717, 1.165) is 6.42 Å². The molecule has 0 aliphatic heterocycles. The molecule has 0 amide bonds. The van der Waals surface area contributed by atoms with Crippen LogP contribution in [-0.2, 0) is 4.79 Å². The molecule has 0 heterocycles. The normalized spacial score (nSPS) is 46.7. The fraction of sp³-hybridized carbons (Fsp3) is 0.909. The predicted octanol–water partition coefficient (Wildman–Crippen LogP) is 2.39. The van der Waals surface area contributed by atoms with Crippen molar-refractivity contribution in [3.05, 3.63) is 0 Å². The Morgan fingerprint density at radius 1 is 1.38 bits per heavy atom. The Labute approximate surface area is 79.3 Å². The molecule has 0 radical (unpaired) electrons. The smallest absolute Gasteiger partial charge is 0.306 e. The zero-order chi connectivity index (χ0) is 9.80. The maximum absolute atomic E-state index is 10.9. The Kier molecular flexibility index (Phi) is 1.73. The van der Waals surface area contributed by atoms with Gasteiger partial charge in [-0.15, -0.1) is 0 Å². The van der Waals surface area contributed by atoms with E-state index in [1.165, 1.54) is 6.42 Å². The third-order valence-electron chi connectivity index (χ3n) is 4.67. The van der Waals surface area contributed by atoms with Crippen LogP contribution >= 0.6 is 0 Å². The minimum Gasteiger partial charge on any atom is -0.481 e. The van der Waals surface area contributed by atoms with Crippen LogP contribution in [0.2, 0.25) is 0 Å². The largest absolute Gasteiger partial charge is 0.481 e. The molecule has 0 saturated heterocycles. The molecule has 3 fully saturated rings. The third kappa shape index (κ3) is 1.04. The minimum absolute atomic E-state index is 0.0724. The second-order valence-electron chi connectivity index (χ2n) is 5.40. The topological polar surface area (TPSA) is 37.3 Å². The molecule has 0 aromatic carbocycles. The van der Waals surface area contributed by atoms with Crippen molar-refractivity contribution in [2.24, 2.45) is 29.1 Å². The molecule has 3 rings (SSSR count). The van der Waals surface area contributed by atoms with E-state index in [4.69, 9.17) is 5.11 Å². The van der Waals surface area contributed by atoms with Gasteiger partial charge in [0.25, 0.3) is 0 Å². The number of hydrogen-bond acceptors (Lipinski definition) is 1. The van der Waals surface area contributed by atoms with Crippen LogP contribution in [0.4, 0.5) is 0 Å². The van der Waals surface area contributed by atoms with E-state index in [1.807, 2.05) is 0 Å². The van der Waals surface area contributed by atoms with E-state index in [9.17, 15) is 4.79 Å². The molecule has 3 saturated carbocycles. The number of fused-ring (bicyclic) bond motifs is 2. The lowest BCUT2D eigenvalue weighted by molar-refractivity contribution is -0.167. The fourth-order valence-electron chi connectivity index (χ4n) is 3.48. The highest BCUT2D eigenvalue weighted by atomic mass is 16.4. The van der Waals surface area contributed by atoms with Crippen LogP contribution < -0.4 is 0 Å². The summed E-state index contributed by atoms with van der Waals surface area (Å²) in [6.45, 7) is 6.70. The van der Waals surface area contributed by atoms with Crippen molar-refractivity contribution >= 4 is 5.97 Å². The average molecular weight is 182 g/mol. The maximum atomic E-state index is 10.9. The molecule has 0 spiro atoms. The van der Waals surface area contributed by atoms with Crippen molar-refractivity contribution in [1.82, 2.24) is 0 Å². The number of carboxylic acid groups (broad SMARTS) is 1. The van der Waals surface area contributed by atoms with Gasteiger partial charge < -0.3 is 5.11 Å². The SMILES string of the molecule is CC1C(C(=O)O)C[C@@H]2C[C@H]1C2(C)C. The van der Waals surface area contributed by atoms with Crippen molar-refractivity contribution < 1.29 is 9.90 Å². The molecule has 4 atom stereocenters. The molecule has 1 N–H and O–H groups in total. The molecule has 0 aromatic rings. The number of carboxylic acids is 1. The Morgan fingerprint density at radius 3 is 2.38 bits per heavy atom. The van der Waals surface area contributed by atoms with Crippen LogP contribution in [0.1, 0.15) is 33.6 Å². The lowest BCUT2D eigenvalue weighted by Gasteiger charge is -2.61. The Balaban J connectivity index is 2.16. The summed E-state index contributed by atoms with van der Waals surface area (Å²) >= 11 is 0. The van der Waals surface area contributed by atoms with Crippen LogP contribution in [-0.4, -0.2) is 11.1 Å². The monoisotopic (exact) mass is 182 g/mol. The Hall–Kier alpha value is -0.530. The minimum atomic E-state index is -0.585. The standard InChI is InChI=1S/C11H18O2/c1-6-8(10(12)13)4-7-5-9(6)11(7,2)3/h6-9H,4-5H2,1-3H3,(H,12,13)/t6?,7-,8?,9-/m1/s1. The number of carbonyl (C=O) groups is 1. The number of hydrogen-bond donors (Lipinski definition) is 1. The predicted molar refractivity (Wildman–Crippen MR) is 50.3 cm³/mol. The lowest BCUT2D eigenvalue weighted by atomic mass is 9.43. The van der Waals surface area contributed by atoms with Gasteiger partial charge in [-0.2, -0.15) is 0 Å².